The molecule has 0 aromatic rings. The summed E-state index contributed by atoms with van der Waals surface area (Å²) in [6.07, 6.45) is 0. The summed E-state index contributed by atoms with van der Waals surface area (Å²) in [5.41, 5.74) is 0. The number of hydrogen-bond donors (Lipinski definition) is 2. The Morgan fingerprint density at radius 1 is 1.00 bits per heavy atom. The summed E-state index contributed by atoms with van der Waals surface area (Å²) in [6.45, 7) is 9.40. The van der Waals surface area contributed by atoms with Gasteiger partial charge in [0.2, 0.25) is 0 Å². The van der Waals surface area contributed by atoms with E-state index in [4.69, 9.17) is 0 Å². The molecule has 0 radical (unpaired) electrons. The first-order chi connectivity index (χ1) is 7.66. The lowest BCUT2D eigenvalue weighted by Gasteiger charge is -2.39. The summed E-state index contributed by atoms with van der Waals surface area (Å²) in [4.78, 5) is 16.2. The van der Waals surface area contributed by atoms with Crippen LogP contribution in [0.1, 0.15) is 13.8 Å². The maximum Gasteiger partial charge on any atom is 0.320 e. The number of carbonyl (C=O) groups excluding carboxylic acids is 1. The van der Waals surface area contributed by atoms with Crippen molar-refractivity contribution in [2.75, 3.05) is 39.3 Å². The van der Waals surface area contributed by atoms with Crippen LogP contribution in [0.25, 0.3) is 0 Å². The van der Waals surface area contributed by atoms with Crippen LogP contribution in [0.2, 0.25) is 0 Å². The molecular weight excluding hydrogens is 204 g/mol. The highest BCUT2D eigenvalue weighted by Gasteiger charge is 2.27. The number of rotatable bonds is 0. The Kier molecular flexibility index (Phi) is 3.66. The Balaban J connectivity index is 1.90. The smallest absolute Gasteiger partial charge is 0.320 e. The van der Waals surface area contributed by atoms with Crippen LogP contribution < -0.4 is 10.6 Å². The van der Waals surface area contributed by atoms with Crippen molar-refractivity contribution < 1.29 is 4.79 Å². The Bertz CT molecular complexity index is 234. The third kappa shape index (κ3) is 2.65. The molecule has 92 valence electrons. The van der Waals surface area contributed by atoms with Crippen molar-refractivity contribution in [1.82, 2.24) is 20.4 Å². The van der Waals surface area contributed by atoms with E-state index in [-0.39, 0.29) is 6.03 Å². The van der Waals surface area contributed by atoms with Crippen molar-refractivity contribution in [2.24, 2.45) is 0 Å². The fourth-order valence-electron chi connectivity index (χ4n) is 2.41. The van der Waals surface area contributed by atoms with Gasteiger partial charge in [0.1, 0.15) is 0 Å². The third-order valence-electron chi connectivity index (χ3n) is 3.28. The maximum atomic E-state index is 12.2. The Labute approximate surface area is 97.2 Å². The van der Waals surface area contributed by atoms with Crippen LogP contribution in [0.5, 0.6) is 0 Å². The molecule has 0 saturated carbocycles. The summed E-state index contributed by atoms with van der Waals surface area (Å²) in [6, 6.07) is 1.04. The number of nitrogens with one attached hydrogen (secondary N) is 2. The van der Waals surface area contributed by atoms with Crippen LogP contribution in [0.4, 0.5) is 4.79 Å². The van der Waals surface area contributed by atoms with Gasteiger partial charge in [0.05, 0.1) is 0 Å². The van der Waals surface area contributed by atoms with Gasteiger partial charge in [0.25, 0.3) is 0 Å². The van der Waals surface area contributed by atoms with Gasteiger partial charge in [-0.05, 0) is 13.8 Å². The van der Waals surface area contributed by atoms with Crippen molar-refractivity contribution >= 4 is 6.03 Å². The van der Waals surface area contributed by atoms with Gasteiger partial charge < -0.3 is 20.4 Å². The number of urea groups is 1. The molecule has 5 heteroatoms. The van der Waals surface area contributed by atoms with Crippen LogP contribution in [-0.2, 0) is 0 Å². The van der Waals surface area contributed by atoms with Gasteiger partial charge in [0.15, 0.2) is 0 Å². The summed E-state index contributed by atoms with van der Waals surface area (Å²) in [5, 5.41) is 6.71. The SMILES string of the molecule is C[C@@H]1CN(C(=O)N2CCN[C@H](C)C2)CCN1. The Morgan fingerprint density at radius 2 is 1.44 bits per heavy atom. The predicted octanol–water partition coefficient (Wildman–Crippen LogP) is -0.306. The number of nitrogens with zero attached hydrogens (tertiary/aromatic N) is 2. The summed E-state index contributed by atoms with van der Waals surface area (Å²) < 4.78 is 0. The van der Waals surface area contributed by atoms with Crippen molar-refractivity contribution in [3.63, 3.8) is 0 Å². The van der Waals surface area contributed by atoms with Gasteiger partial charge >= 0.3 is 6.03 Å². The maximum absolute atomic E-state index is 12.2. The second-order valence-electron chi connectivity index (χ2n) is 4.88. The minimum atomic E-state index is 0.210. The Hall–Kier alpha value is -0.810. The van der Waals surface area contributed by atoms with E-state index < -0.39 is 0 Å². The topological polar surface area (TPSA) is 47.6 Å². The summed E-state index contributed by atoms with van der Waals surface area (Å²) >= 11 is 0. The zero-order chi connectivity index (χ0) is 11.5. The van der Waals surface area contributed by atoms with E-state index in [9.17, 15) is 4.79 Å². The van der Waals surface area contributed by atoms with Gasteiger partial charge in [-0.3, -0.25) is 0 Å². The molecular formula is C11H22N4O. The molecule has 0 aromatic carbocycles. The second-order valence-corrected chi connectivity index (χ2v) is 4.88. The van der Waals surface area contributed by atoms with Crippen molar-refractivity contribution in [2.45, 2.75) is 25.9 Å². The molecule has 0 aromatic heterocycles. The highest BCUT2D eigenvalue weighted by atomic mass is 16.2. The molecule has 2 rings (SSSR count). The minimum absolute atomic E-state index is 0.210. The van der Waals surface area contributed by atoms with Gasteiger partial charge in [0, 0.05) is 51.4 Å². The van der Waals surface area contributed by atoms with Gasteiger partial charge in [-0.25, -0.2) is 4.79 Å². The fourth-order valence-corrected chi connectivity index (χ4v) is 2.41. The molecule has 16 heavy (non-hydrogen) atoms. The van der Waals surface area contributed by atoms with E-state index in [0.29, 0.717) is 12.1 Å². The molecule has 2 atom stereocenters. The largest absolute Gasteiger partial charge is 0.322 e. The van der Waals surface area contributed by atoms with Gasteiger partial charge in [-0.15, -0.1) is 0 Å². The molecule has 2 aliphatic heterocycles. The zero-order valence-electron chi connectivity index (χ0n) is 10.2. The van der Waals surface area contributed by atoms with Crippen LogP contribution in [0.3, 0.4) is 0 Å². The van der Waals surface area contributed by atoms with E-state index in [1.165, 1.54) is 0 Å². The fraction of sp³-hybridized carbons (Fsp3) is 0.909. The van der Waals surface area contributed by atoms with Gasteiger partial charge in [-0.1, -0.05) is 0 Å². The molecule has 2 N–H and O–H groups in total. The second kappa shape index (κ2) is 5.01. The van der Waals surface area contributed by atoms with Crippen LogP contribution in [-0.4, -0.2) is 67.2 Å². The molecule has 0 unspecified atom stereocenters. The lowest BCUT2D eigenvalue weighted by atomic mass is 10.2. The summed E-state index contributed by atoms with van der Waals surface area (Å²) in [7, 11) is 0. The standard InChI is InChI=1S/C11H22N4O/c1-9-7-14(5-3-12-9)11(16)15-6-4-13-10(2)8-15/h9-10,12-13H,3-8H2,1-2H3/t9-,10-/m1/s1. The van der Waals surface area contributed by atoms with Crippen LogP contribution in [0, 0.1) is 0 Å². The molecule has 2 saturated heterocycles. The average Bonchev–Trinajstić information content (AvgIpc) is 2.28. The molecule has 2 heterocycles. The molecule has 2 fully saturated rings. The highest BCUT2D eigenvalue weighted by Crippen LogP contribution is 2.07. The first kappa shape index (κ1) is 11.7. The first-order valence-corrected chi connectivity index (χ1v) is 6.17. The number of piperazine rings is 2. The van der Waals surface area contributed by atoms with Crippen molar-refractivity contribution in [3.05, 3.63) is 0 Å². The quantitative estimate of drug-likeness (QED) is 0.596. The van der Waals surface area contributed by atoms with Crippen molar-refractivity contribution in [3.8, 4) is 0 Å². The lowest BCUT2D eigenvalue weighted by Crippen LogP contribution is -2.59. The van der Waals surface area contributed by atoms with Crippen LogP contribution in [0.15, 0.2) is 0 Å². The third-order valence-corrected chi connectivity index (χ3v) is 3.28. The van der Waals surface area contributed by atoms with Gasteiger partial charge in [-0.2, -0.15) is 0 Å². The molecule has 5 nitrogen and oxygen atoms in total. The number of carbonyl (C=O) groups is 1. The van der Waals surface area contributed by atoms with Crippen LogP contribution >= 0.6 is 0 Å². The molecule has 0 spiro atoms. The minimum Gasteiger partial charge on any atom is -0.322 e. The van der Waals surface area contributed by atoms with E-state index in [0.717, 1.165) is 39.3 Å². The number of amides is 2. The van der Waals surface area contributed by atoms with E-state index >= 15 is 0 Å². The highest BCUT2D eigenvalue weighted by molar-refractivity contribution is 5.74. The van der Waals surface area contributed by atoms with Crippen molar-refractivity contribution in [1.29, 1.82) is 0 Å². The van der Waals surface area contributed by atoms with E-state index in [2.05, 4.69) is 24.5 Å². The lowest BCUT2D eigenvalue weighted by molar-refractivity contribution is 0.126. The molecule has 0 bridgehead atoms. The monoisotopic (exact) mass is 226 g/mol. The molecule has 2 aliphatic rings. The normalized spacial score (nSPS) is 31.6. The first-order valence-electron chi connectivity index (χ1n) is 6.17. The predicted molar refractivity (Wildman–Crippen MR) is 63.5 cm³/mol. The van der Waals surface area contributed by atoms with E-state index in [1.54, 1.807) is 0 Å². The Morgan fingerprint density at radius 3 is 1.81 bits per heavy atom. The number of hydrogen-bond acceptors (Lipinski definition) is 3. The average molecular weight is 226 g/mol. The molecule has 0 aliphatic carbocycles. The summed E-state index contributed by atoms with van der Waals surface area (Å²) in [5.74, 6) is 0. The zero-order valence-corrected chi connectivity index (χ0v) is 10.2. The molecule has 2 amide bonds. The van der Waals surface area contributed by atoms with E-state index in [1.807, 2.05) is 9.80 Å².